The van der Waals surface area contributed by atoms with Crippen LogP contribution in [-0.4, -0.2) is 12.0 Å². The highest BCUT2D eigenvalue weighted by molar-refractivity contribution is 7.16. The van der Waals surface area contributed by atoms with Gasteiger partial charge in [0, 0.05) is 9.90 Å². The molecule has 0 aliphatic rings. The first-order chi connectivity index (χ1) is 9.86. The molecule has 2 aromatic rings. The number of rotatable bonds is 4. The second-order valence-electron chi connectivity index (χ2n) is 4.67. The third-order valence-electron chi connectivity index (χ3n) is 2.98. The van der Waals surface area contributed by atoms with Gasteiger partial charge in [-0.25, -0.2) is 0 Å². The molecule has 1 aromatic carbocycles. The Labute approximate surface area is 137 Å². The van der Waals surface area contributed by atoms with E-state index in [0.29, 0.717) is 15.8 Å². The van der Waals surface area contributed by atoms with E-state index in [1.807, 2.05) is 19.9 Å². The zero-order chi connectivity index (χ0) is 15.6. The lowest BCUT2D eigenvalue weighted by Gasteiger charge is -2.15. The van der Waals surface area contributed by atoms with Gasteiger partial charge in [0.05, 0.1) is 10.0 Å². The molecule has 0 saturated heterocycles. The van der Waals surface area contributed by atoms with Crippen LogP contribution in [0.25, 0.3) is 0 Å². The van der Waals surface area contributed by atoms with Crippen molar-refractivity contribution in [3.8, 4) is 5.75 Å². The number of halogens is 2. The molecule has 0 radical (unpaired) electrons. The molecule has 0 spiro atoms. The fourth-order valence-corrected chi connectivity index (χ4v) is 3.06. The Bertz CT molecular complexity index is 650. The van der Waals surface area contributed by atoms with Gasteiger partial charge in [-0.1, -0.05) is 23.2 Å². The summed E-state index contributed by atoms with van der Waals surface area (Å²) in [4.78, 5) is 13.3. The summed E-state index contributed by atoms with van der Waals surface area (Å²) in [5.41, 5.74) is 1.16. The predicted molar refractivity (Wildman–Crippen MR) is 89.0 cm³/mol. The molecule has 0 fully saturated rings. The largest absolute Gasteiger partial charge is 0.479 e. The number of amides is 1. The Hall–Kier alpha value is -1.23. The summed E-state index contributed by atoms with van der Waals surface area (Å²) in [6.45, 7) is 5.70. The van der Waals surface area contributed by atoms with Crippen LogP contribution >= 0.6 is 34.5 Å². The van der Waals surface area contributed by atoms with E-state index < -0.39 is 6.10 Å². The molecule has 1 amide bonds. The second kappa shape index (κ2) is 6.69. The molecule has 112 valence electrons. The van der Waals surface area contributed by atoms with Gasteiger partial charge in [-0.15, -0.1) is 11.3 Å². The lowest BCUT2D eigenvalue weighted by Crippen LogP contribution is -2.29. The van der Waals surface area contributed by atoms with E-state index in [4.69, 9.17) is 27.9 Å². The average Bonchev–Trinajstić information content (AvgIpc) is 2.71. The number of anilines is 1. The van der Waals surface area contributed by atoms with Crippen molar-refractivity contribution in [2.75, 3.05) is 5.32 Å². The van der Waals surface area contributed by atoms with Crippen molar-refractivity contribution < 1.29 is 9.53 Å². The molecular formula is C15H15Cl2NO2S. The van der Waals surface area contributed by atoms with Crippen LogP contribution in [0.5, 0.6) is 5.75 Å². The molecule has 2 rings (SSSR count). The Balaban J connectivity index is 2.02. The fraction of sp³-hybridized carbons (Fsp3) is 0.267. The molecule has 0 bridgehead atoms. The van der Waals surface area contributed by atoms with Crippen molar-refractivity contribution in [1.29, 1.82) is 0 Å². The van der Waals surface area contributed by atoms with E-state index in [-0.39, 0.29) is 5.91 Å². The quantitative estimate of drug-likeness (QED) is 0.840. The minimum atomic E-state index is -0.661. The summed E-state index contributed by atoms with van der Waals surface area (Å²) < 4.78 is 5.57. The summed E-state index contributed by atoms with van der Waals surface area (Å²) in [5, 5.41) is 4.55. The molecule has 0 aliphatic carbocycles. The molecule has 0 aliphatic heterocycles. The van der Waals surface area contributed by atoms with Crippen molar-refractivity contribution in [3.05, 3.63) is 44.8 Å². The van der Waals surface area contributed by atoms with E-state index in [1.54, 1.807) is 36.5 Å². The normalized spacial score (nSPS) is 12.0. The first kappa shape index (κ1) is 16.1. The van der Waals surface area contributed by atoms with Crippen LogP contribution in [0.3, 0.4) is 0 Å². The van der Waals surface area contributed by atoms with Gasteiger partial charge in [-0.3, -0.25) is 4.79 Å². The Kier molecular flexibility index (Phi) is 5.14. The first-order valence-electron chi connectivity index (χ1n) is 6.36. The number of thiophene rings is 1. The Morgan fingerprint density at radius 1 is 1.29 bits per heavy atom. The number of hydrogen-bond donors (Lipinski definition) is 1. The highest BCUT2D eigenvalue weighted by atomic mass is 35.5. The van der Waals surface area contributed by atoms with Gasteiger partial charge in [-0.2, -0.15) is 0 Å². The predicted octanol–water partition coefficient (Wildman–Crippen LogP) is 5.08. The van der Waals surface area contributed by atoms with Crippen molar-refractivity contribution in [3.63, 3.8) is 0 Å². The van der Waals surface area contributed by atoms with Crippen LogP contribution in [0.4, 0.5) is 5.00 Å². The number of benzene rings is 1. The molecule has 0 saturated carbocycles. The van der Waals surface area contributed by atoms with Crippen molar-refractivity contribution >= 4 is 45.4 Å². The van der Waals surface area contributed by atoms with Crippen LogP contribution in [0.15, 0.2) is 24.3 Å². The van der Waals surface area contributed by atoms with Gasteiger partial charge < -0.3 is 10.1 Å². The van der Waals surface area contributed by atoms with Crippen molar-refractivity contribution in [2.24, 2.45) is 0 Å². The van der Waals surface area contributed by atoms with Crippen LogP contribution in [0.1, 0.15) is 17.4 Å². The maximum absolute atomic E-state index is 12.1. The summed E-state index contributed by atoms with van der Waals surface area (Å²) in [6, 6.07) is 6.84. The van der Waals surface area contributed by atoms with Gasteiger partial charge in [-0.05, 0) is 50.6 Å². The monoisotopic (exact) mass is 343 g/mol. The maximum Gasteiger partial charge on any atom is 0.265 e. The van der Waals surface area contributed by atoms with Gasteiger partial charge in [0.25, 0.3) is 5.91 Å². The SMILES string of the molecule is Cc1cc(NC(=O)C(C)Oc2ccc(Cl)cc2Cl)sc1C. The number of carbonyl (C=O) groups excluding carboxylic acids is 1. The Morgan fingerprint density at radius 2 is 2.00 bits per heavy atom. The third-order valence-corrected chi connectivity index (χ3v) is 4.58. The van der Waals surface area contributed by atoms with Gasteiger partial charge in [0.1, 0.15) is 5.75 Å². The summed E-state index contributed by atoms with van der Waals surface area (Å²) >= 11 is 13.4. The lowest BCUT2D eigenvalue weighted by atomic mass is 10.3. The molecule has 21 heavy (non-hydrogen) atoms. The Morgan fingerprint density at radius 3 is 2.57 bits per heavy atom. The van der Waals surface area contributed by atoms with Crippen LogP contribution in [-0.2, 0) is 4.79 Å². The van der Waals surface area contributed by atoms with Gasteiger partial charge in [0.15, 0.2) is 6.10 Å². The smallest absolute Gasteiger partial charge is 0.265 e. The molecule has 3 nitrogen and oxygen atoms in total. The fourth-order valence-electron chi connectivity index (χ4n) is 1.67. The molecule has 1 N–H and O–H groups in total. The number of ether oxygens (including phenoxy) is 1. The molecular weight excluding hydrogens is 329 g/mol. The summed E-state index contributed by atoms with van der Waals surface area (Å²) in [7, 11) is 0. The van der Waals surface area contributed by atoms with E-state index >= 15 is 0 Å². The van der Waals surface area contributed by atoms with Crippen LogP contribution < -0.4 is 10.1 Å². The number of carbonyl (C=O) groups is 1. The van der Waals surface area contributed by atoms with E-state index in [9.17, 15) is 4.79 Å². The number of aryl methyl sites for hydroxylation is 2. The van der Waals surface area contributed by atoms with Crippen molar-refractivity contribution in [1.82, 2.24) is 0 Å². The number of nitrogens with one attached hydrogen (secondary N) is 1. The molecule has 1 aromatic heterocycles. The van der Waals surface area contributed by atoms with E-state index in [2.05, 4.69) is 5.32 Å². The molecule has 1 unspecified atom stereocenters. The topological polar surface area (TPSA) is 38.3 Å². The van der Waals surface area contributed by atoms with E-state index in [1.165, 1.54) is 4.88 Å². The maximum atomic E-state index is 12.1. The lowest BCUT2D eigenvalue weighted by molar-refractivity contribution is -0.122. The minimum absolute atomic E-state index is 0.220. The standard InChI is InChI=1S/C15H15Cl2NO2S/c1-8-6-14(21-10(8)3)18-15(19)9(2)20-13-5-4-11(16)7-12(13)17/h4-7,9H,1-3H3,(H,18,19). The molecule has 6 heteroatoms. The van der Waals surface area contributed by atoms with Crippen LogP contribution in [0.2, 0.25) is 10.0 Å². The third kappa shape index (κ3) is 4.13. The summed E-state index contributed by atoms with van der Waals surface area (Å²) in [6.07, 6.45) is -0.661. The second-order valence-corrected chi connectivity index (χ2v) is 6.77. The van der Waals surface area contributed by atoms with Gasteiger partial charge >= 0.3 is 0 Å². The van der Waals surface area contributed by atoms with Gasteiger partial charge in [0.2, 0.25) is 0 Å². The highest BCUT2D eigenvalue weighted by Crippen LogP contribution is 2.29. The minimum Gasteiger partial charge on any atom is -0.479 e. The average molecular weight is 344 g/mol. The summed E-state index contributed by atoms with van der Waals surface area (Å²) in [5.74, 6) is 0.213. The highest BCUT2D eigenvalue weighted by Gasteiger charge is 2.17. The first-order valence-corrected chi connectivity index (χ1v) is 7.93. The van der Waals surface area contributed by atoms with Crippen LogP contribution in [0, 0.1) is 13.8 Å². The van der Waals surface area contributed by atoms with Crippen molar-refractivity contribution in [2.45, 2.75) is 26.9 Å². The van der Waals surface area contributed by atoms with E-state index in [0.717, 1.165) is 10.6 Å². The zero-order valence-electron chi connectivity index (χ0n) is 11.9. The zero-order valence-corrected chi connectivity index (χ0v) is 14.2. The molecule has 1 heterocycles. The molecule has 1 atom stereocenters. The number of hydrogen-bond acceptors (Lipinski definition) is 3.